The van der Waals surface area contributed by atoms with E-state index in [1.165, 1.54) is 83.5 Å². The summed E-state index contributed by atoms with van der Waals surface area (Å²) in [5, 5.41) is 0. The van der Waals surface area contributed by atoms with E-state index in [2.05, 4.69) is 286 Å². The highest BCUT2D eigenvalue weighted by Crippen LogP contribution is 2.60. The van der Waals surface area contributed by atoms with E-state index in [1.807, 2.05) is 0 Å². The SMILES string of the molecule is CC(C)(C)c1ccc(N(c2ccc3c(c2)C(c2ccccc2)(c2ccc(C(C)(C)C)cc2)c2ccccc2-3)c2ccc3c(c2)C(c2ccccc2)(c2ccc(C(C)(C)C)cc2)c2ccccc2-3)cc1. The molecule has 0 spiro atoms. The molecule has 2 aliphatic rings. The summed E-state index contributed by atoms with van der Waals surface area (Å²) in [4.78, 5) is 2.51. The van der Waals surface area contributed by atoms with E-state index in [4.69, 9.17) is 0 Å². The van der Waals surface area contributed by atoms with Crippen molar-refractivity contribution in [3.05, 3.63) is 280 Å². The maximum absolute atomic E-state index is 2.51. The Morgan fingerprint density at radius 2 is 0.551 bits per heavy atom. The van der Waals surface area contributed by atoms with Crippen LogP contribution < -0.4 is 4.90 Å². The van der Waals surface area contributed by atoms with E-state index < -0.39 is 10.8 Å². The standard InChI is InChI=1S/C68H63N/c1-64(2,3)46-28-32-51(33-29-46)67(49-20-12-10-13-21-49)60-26-18-16-24-56(60)58-42-40-54(44-62(58)67)69(53-38-36-48(37-39-53)66(7,8)9)55-41-43-59-57-25-17-19-27-61(57)68(63(59)45-55,50-22-14-11-15-23-50)52-34-30-47(31-35-52)65(4,5)6/h10-45H,1-9H3. The second kappa shape index (κ2) is 16.2. The molecule has 9 aromatic carbocycles. The van der Waals surface area contributed by atoms with Gasteiger partial charge in [-0.25, -0.2) is 0 Å². The number of fused-ring (bicyclic) bond motifs is 6. The van der Waals surface area contributed by atoms with E-state index in [0.29, 0.717) is 0 Å². The zero-order valence-electron chi connectivity index (χ0n) is 41.7. The molecule has 0 saturated carbocycles. The molecule has 11 rings (SSSR count). The Kier molecular flexibility index (Phi) is 10.4. The van der Waals surface area contributed by atoms with Gasteiger partial charge >= 0.3 is 0 Å². The molecule has 0 fully saturated rings. The van der Waals surface area contributed by atoms with Crippen LogP contribution in [-0.2, 0) is 27.1 Å². The van der Waals surface area contributed by atoms with Gasteiger partial charge in [0.25, 0.3) is 0 Å². The Balaban J connectivity index is 1.18. The average molecular weight is 894 g/mol. The van der Waals surface area contributed by atoms with Gasteiger partial charge in [-0.1, -0.05) is 244 Å². The quantitative estimate of drug-likeness (QED) is 0.154. The normalized spacial score (nSPS) is 17.2. The molecule has 0 bridgehead atoms. The number of hydrogen-bond donors (Lipinski definition) is 0. The Labute approximate surface area is 411 Å². The highest BCUT2D eigenvalue weighted by atomic mass is 15.1. The van der Waals surface area contributed by atoms with Crippen molar-refractivity contribution in [2.45, 2.75) is 89.4 Å². The maximum atomic E-state index is 2.51. The van der Waals surface area contributed by atoms with Crippen LogP contribution in [0.1, 0.15) is 124 Å². The summed E-state index contributed by atoms with van der Waals surface area (Å²) in [6, 6.07) is 83.4. The van der Waals surface area contributed by atoms with Crippen molar-refractivity contribution in [2.24, 2.45) is 0 Å². The summed E-state index contributed by atoms with van der Waals surface area (Å²) < 4.78 is 0. The summed E-state index contributed by atoms with van der Waals surface area (Å²) in [7, 11) is 0. The Hall–Kier alpha value is -7.22. The molecule has 340 valence electrons. The van der Waals surface area contributed by atoms with Crippen molar-refractivity contribution in [3.63, 3.8) is 0 Å². The van der Waals surface area contributed by atoms with Crippen LogP contribution in [0.3, 0.4) is 0 Å². The summed E-state index contributed by atoms with van der Waals surface area (Å²) >= 11 is 0. The van der Waals surface area contributed by atoms with Gasteiger partial charge in [-0.3, -0.25) is 0 Å². The third-order valence-electron chi connectivity index (χ3n) is 15.3. The minimum absolute atomic E-state index is 0.0116. The molecule has 0 heterocycles. The molecular formula is C68H63N. The first kappa shape index (κ1) is 44.3. The molecule has 9 aromatic rings. The average Bonchev–Trinajstić information content (AvgIpc) is 3.82. The molecule has 0 N–H and O–H groups in total. The molecule has 0 aromatic heterocycles. The van der Waals surface area contributed by atoms with Crippen LogP contribution in [0.4, 0.5) is 17.1 Å². The summed E-state index contributed by atoms with van der Waals surface area (Å²) in [5.74, 6) is 0. The predicted octanol–water partition coefficient (Wildman–Crippen LogP) is 17.8. The summed E-state index contributed by atoms with van der Waals surface area (Å²) in [6.45, 7) is 20.7. The van der Waals surface area contributed by atoms with Gasteiger partial charge in [0.2, 0.25) is 0 Å². The van der Waals surface area contributed by atoms with E-state index in [1.54, 1.807) is 0 Å². The van der Waals surface area contributed by atoms with Crippen molar-refractivity contribution in [1.82, 2.24) is 0 Å². The van der Waals surface area contributed by atoms with Gasteiger partial charge in [0, 0.05) is 17.1 Å². The molecule has 69 heavy (non-hydrogen) atoms. The minimum Gasteiger partial charge on any atom is -0.310 e. The Morgan fingerprint density at radius 1 is 0.261 bits per heavy atom. The van der Waals surface area contributed by atoms with Gasteiger partial charge in [0.15, 0.2) is 0 Å². The third kappa shape index (κ3) is 7.03. The van der Waals surface area contributed by atoms with Crippen molar-refractivity contribution < 1.29 is 0 Å². The molecule has 0 aliphatic heterocycles. The van der Waals surface area contributed by atoms with Crippen LogP contribution in [0.25, 0.3) is 22.3 Å². The lowest BCUT2D eigenvalue weighted by Gasteiger charge is -2.36. The predicted molar refractivity (Wildman–Crippen MR) is 292 cm³/mol. The lowest BCUT2D eigenvalue weighted by atomic mass is 9.67. The van der Waals surface area contributed by atoms with Gasteiger partial charge in [-0.05, 0) is 136 Å². The second-order valence-corrected chi connectivity index (χ2v) is 22.6. The number of benzene rings is 9. The fourth-order valence-electron chi connectivity index (χ4n) is 11.8. The lowest BCUT2D eigenvalue weighted by Crippen LogP contribution is -2.29. The number of rotatable bonds is 7. The number of hydrogen-bond acceptors (Lipinski definition) is 1. The monoisotopic (exact) mass is 893 g/mol. The fourth-order valence-corrected chi connectivity index (χ4v) is 11.8. The Morgan fingerprint density at radius 3 is 0.913 bits per heavy atom. The molecule has 2 unspecified atom stereocenters. The van der Waals surface area contributed by atoms with Crippen LogP contribution in [-0.4, -0.2) is 0 Å². The highest BCUT2D eigenvalue weighted by Gasteiger charge is 2.48. The molecule has 0 saturated heterocycles. The third-order valence-corrected chi connectivity index (χ3v) is 15.3. The largest absolute Gasteiger partial charge is 0.310 e. The van der Waals surface area contributed by atoms with Crippen molar-refractivity contribution in [2.75, 3.05) is 4.90 Å². The van der Waals surface area contributed by atoms with Crippen molar-refractivity contribution >= 4 is 17.1 Å². The molecular weight excluding hydrogens is 831 g/mol. The first-order valence-electron chi connectivity index (χ1n) is 24.8. The van der Waals surface area contributed by atoms with Crippen LogP contribution in [0.15, 0.2) is 218 Å². The van der Waals surface area contributed by atoms with E-state index in [9.17, 15) is 0 Å². The summed E-state index contributed by atoms with van der Waals surface area (Å²) in [5.41, 5.74) is 21.7. The highest BCUT2D eigenvalue weighted by molar-refractivity contribution is 5.92. The van der Waals surface area contributed by atoms with E-state index in [0.717, 1.165) is 17.1 Å². The van der Waals surface area contributed by atoms with Gasteiger partial charge in [0.1, 0.15) is 0 Å². The van der Waals surface area contributed by atoms with Gasteiger partial charge in [-0.2, -0.15) is 0 Å². The van der Waals surface area contributed by atoms with Crippen LogP contribution in [0, 0.1) is 0 Å². The first-order chi connectivity index (χ1) is 33.1. The van der Waals surface area contributed by atoms with E-state index >= 15 is 0 Å². The smallest absolute Gasteiger partial charge is 0.0714 e. The topological polar surface area (TPSA) is 3.24 Å². The number of nitrogens with zero attached hydrogens (tertiary/aromatic N) is 1. The zero-order valence-corrected chi connectivity index (χ0v) is 41.7. The second-order valence-electron chi connectivity index (χ2n) is 22.6. The van der Waals surface area contributed by atoms with Crippen LogP contribution in [0.5, 0.6) is 0 Å². The first-order valence-corrected chi connectivity index (χ1v) is 24.8. The molecule has 1 heteroatoms. The van der Waals surface area contributed by atoms with Gasteiger partial charge in [-0.15, -0.1) is 0 Å². The van der Waals surface area contributed by atoms with Crippen LogP contribution >= 0.6 is 0 Å². The fraction of sp³-hybridized carbons (Fsp3) is 0.206. The van der Waals surface area contributed by atoms with Crippen LogP contribution in [0.2, 0.25) is 0 Å². The Bertz CT molecular complexity index is 3140. The molecule has 0 radical (unpaired) electrons. The molecule has 0 amide bonds. The molecule has 2 atom stereocenters. The molecule has 2 aliphatic carbocycles. The molecule has 1 nitrogen and oxygen atoms in total. The van der Waals surface area contributed by atoms with E-state index in [-0.39, 0.29) is 16.2 Å². The van der Waals surface area contributed by atoms with Gasteiger partial charge in [0.05, 0.1) is 10.8 Å². The minimum atomic E-state index is -0.553. The van der Waals surface area contributed by atoms with Gasteiger partial charge < -0.3 is 4.90 Å². The van der Waals surface area contributed by atoms with Crippen molar-refractivity contribution in [3.8, 4) is 22.3 Å². The lowest BCUT2D eigenvalue weighted by molar-refractivity contribution is 0.589. The zero-order chi connectivity index (χ0) is 47.9. The van der Waals surface area contributed by atoms with Crippen molar-refractivity contribution in [1.29, 1.82) is 0 Å². The number of anilines is 3. The maximum Gasteiger partial charge on any atom is 0.0714 e. The summed E-state index contributed by atoms with van der Waals surface area (Å²) in [6.07, 6.45) is 0.